The lowest BCUT2D eigenvalue weighted by Gasteiger charge is -2.33. The molecule has 2 fully saturated rings. The first-order chi connectivity index (χ1) is 11.2. The molecule has 3 heterocycles. The van der Waals surface area contributed by atoms with Crippen LogP contribution >= 0.6 is 27.3 Å². The summed E-state index contributed by atoms with van der Waals surface area (Å²) in [5.41, 5.74) is 1.28. The number of rotatable bonds is 4. The fourth-order valence-corrected chi connectivity index (χ4v) is 4.07. The van der Waals surface area contributed by atoms with Crippen LogP contribution < -0.4 is 0 Å². The molecule has 1 amide bonds. The minimum atomic E-state index is -0.0272. The Morgan fingerprint density at radius 2 is 2.09 bits per heavy atom. The molecule has 1 saturated carbocycles. The Hall–Kier alpha value is -1.18. The molecule has 1 saturated heterocycles. The number of amides is 1. The van der Waals surface area contributed by atoms with E-state index in [1.165, 1.54) is 23.5 Å². The molecule has 1 aliphatic heterocycles. The van der Waals surface area contributed by atoms with E-state index in [0.29, 0.717) is 10.4 Å². The Bertz CT molecular complexity index is 702. The van der Waals surface area contributed by atoms with Crippen molar-refractivity contribution < 1.29 is 9.21 Å². The number of thiazole rings is 1. The molecule has 4 rings (SSSR count). The number of piperazine rings is 1. The van der Waals surface area contributed by atoms with Crippen LogP contribution in [0.4, 0.5) is 0 Å². The Labute approximate surface area is 147 Å². The monoisotopic (exact) mass is 395 g/mol. The number of carbonyl (C=O) groups excluding carboxylic acids is 1. The summed E-state index contributed by atoms with van der Waals surface area (Å²) < 4.78 is 5.95. The number of carbonyl (C=O) groups is 1. The number of hydrogen-bond acceptors (Lipinski definition) is 5. The van der Waals surface area contributed by atoms with Crippen LogP contribution in [0.5, 0.6) is 0 Å². The first-order valence-electron chi connectivity index (χ1n) is 7.90. The Morgan fingerprint density at radius 3 is 2.74 bits per heavy atom. The van der Waals surface area contributed by atoms with Gasteiger partial charge in [-0.3, -0.25) is 9.69 Å². The smallest absolute Gasteiger partial charge is 0.289 e. The number of hydrogen-bond donors (Lipinski definition) is 0. The van der Waals surface area contributed by atoms with Gasteiger partial charge < -0.3 is 9.32 Å². The van der Waals surface area contributed by atoms with Crippen LogP contribution in [0, 0.1) is 0 Å². The van der Waals surface area contributed by atoms with Gasteiger partial charge in [0.1, 0.15) is 5.01 Å². The zero-order valence-electron chi connectivity index (χ0n) is 12.7. The molecule has 2 aliphatic rings. The molecule has 2 aromatic rings. The van der Waals surface area contributed by atoms with Gasteiger partial charge in [0, 0.05) is 37.5 Å². The van der Waals surface area contributed by atoms with E-state index < -0.39 is 0 Å². The lowest BCUT2D eigenvalue weighted by atomic mass is 10.3. The van der Waals surface area contributed by atoms with Crippen molar-refractivity contribution in [3.63, 3.8) is 0 Å². The summed E-state index contributed by atoms with van der Waals surface area (Å²) in [7, 11) is 0. The van der Waals surface area contributed by atoms with Gasteiger partial charge in [0.25, 0.3) is 5.91 Å². The molecule has 0 aromatic carbocycles. The highest BCUT2D eigenvalue weighted by atomic mass is 79.9. The summed E-state index contributed by atoms with van der Waals surface area (Å²) in [4.78, 5) is 21.3. The van der Waals surface area contributed by atoms with Crippen molar-refractivity contribution in [2.24, 2.45) is 0 Å². The van der Waals surface area contributed by atoms with Crippen molar-refractivity contribution in [2.45, 2.75) is 25.3 Å². The average molecular weight is 396 g/mol. The zero-order chi connectivity index (χ0) is 15.8. The van der Waals surface area contributed by atoms with Gasteiger partial charge in [0.15, 0.2) is 10.4 Å². The second-order valence-corrected chi connectivity index (χ2v) is 7.84. The molecule has 122 valence electrons. The van der Waals surface area contributed by atoms with Crippen LogP contribution in [0.15, 0.2) is 26.6 Å². The van der Waals surface area contributed by atoms with Crippen LogP contribution in [-0.4, -0.2) is 46.9 Å². The van der Waals surface area contributed by atoms with Gasteiger partial charge in [-0.2, -0.15) is 0 Å². The van der Waals surface area contributed by atoms with Gasteiger partial charge in [-0.05, 0) is 40.9 Å². The SMILES string of the molecule is O=C(c1ccc(Br)o1)N1CCN(Cc2nc(C3CC3)cs2)CC1. The molecule has 23 heavy (non-hydrogen) atoms. The molecule has 0 bridgehead atoms. The third-order valence-electron chi connectivity index (χ3n) is 4.37. The highest BCUT2D eigenvalue weighted by Gasteiger charge is 2.27. The zero-order valence-corrected chi connectivity index (χ0v) is 15.1. The van der Waals surface area contributed by atoms with Crippen LogP contribution in [0.25, 0.3) is 0 Å². The van der Waals surface area contributed by atoms with Gasteiger partial charge in [-0.15, -0.1) is 11.3 Å². The third kappa shape index (κ3) is 3.51. The summed E-state index contributed by atoms with van der Waals surface area (Å²) >= 11 is 5.00. The molecule has 0 radical (unpaired) electrons. The van der Waals surface area contributed by atoms with Crippen molar-refractivity contribution in [3.05, 3.63) is 38.6 Å². The highest BCUT2D eigenvalue weighted by molar-refractivity contribution is 9.10. The lowest BCUT2D eigenvalue weighted by molar-refractivity contribution is 0.0596. The molecule has 7 heteroatoms. The number of halogens is 1. The van der Waals surface area contributed by atoms with Crippen molar-refractivity contribution >= 4 is 33.2 Å². The molecule has 2 aromatic heterocycles. The lowest BCUT2D eigenvalue weighted by Crippen LogP contribution is -2.48. The van der Waals surface area contributed by atoms with Crippen molar-refractivity contribution in [3.8, 4) is 0 Å². The van der Waals surface area contributed by atoms with E-state index in [1.807, 2.05) is 4.90 Å². The molecule has 0 atom stereocenters. The quantitative estimate of drug-likeness (QED) is 0.796. The molecular formula is C16H18BrN3O2S. The van der Waals surface area contributed by atoms with E-state index in [0.717, 1.165) is 38.6 Å². The second kappa shape index (κ2) is 6.37. The van der Waals surface area contributed by atoms with Crippen LogP contribution in [0.3, 0.4) is 0 Å². The Balaban J connectivity index is 1.30. The third-order valence-corrected chi connectivity index (χ3v) is 5.65. The normalized spacial score (nSPS) is 19.3. The minimum Gasteiger partial charge on any atom is -0.444 e. The maximum absolute atomic E-state index is 12.3. The summed E-state index contributed by atoms with van der Waals surface area (Å²) in [6.45, 7) is 4.12. The first-order valence-corrected chi connectivity index (χ1v) is 9.57. The predicted molar refractivity (Wildman–Crippen MR) is 91.7 cm³/mol. The van der Waals surface area contributed by atoms with E-state index in [-0.39, 0.29) is 5.91 Å². The van der Waals surface area contributed by atoms with E-state index in [1.54, 1.807) is 23.5 Å². The standard InChI is InChI=1S/C16H18BrN3O2S/c17-14-4-3-13(22-14)16(21)20-7-5-19(6-8-20)9-15-18-12(10-23-15)11-1-2-11/h3-4,10-11H,1-2,5-9H2. The topological polar surface area (TPSA) is 49.6 Å². The van der Waals surface area contributed by atoms with E-state index in [9.17, 15) is 4.79 Å². The second-order valence-electron chi connectivity index (χ2n) is 6.11. The average Bonchev–Trinajstić information content (AvgIpc) is 3.16. The van der Waals surface area contributed by atoms with E-state index >= 15 is 0 Å². The molecular weight excluding hydrogens is 378 g/mol. The number of furan rings is 1. The minimum absolute atomic E-state index is 0.0272. The molecule has 1 aliphatic carbocycles. The maximum Gasteiger partial charge on any atom is 0.289 e. The predicted octanol–water partition coefficient (Wildman–Crippen LogP) is 3.33. The molecule has 0 N–H and O–H groups in total. The van der Waals surface area contributed by atoms with E-state index in [2.05, 4.69) is 26.2 Å². The fourth-order valence-electron chi connectivity index (χ4n) is 2.85. The van der Waals surface area contributed by atoms with Crippen LogP contribution in [-0.2, 0) is 6.54 Å². The van der Waals surface area contributed by atoms with Crippen molar-refractivity contribution in [2.75, 3.05) is 26.2 Å². The van der Waals surface area contributed by atoms with Gasteiger partial charge >= 0.3 is 0 Å². The maximum atomic E-state index is 12.3. The summed E-state index contributed by atoms with van der Waals surface area (Å²) in [5, 5.41) is 3.41. The number of nitrogens with zero attached hydrogens (tertiary/aromatic N) is 3. The summed E-state index contributed by atoms with van der Waals surface area (Å²) in [6.07, 6.45) is 2.60. The van der Waals surface area contributed by atoms with Gasteiger partial charge in [-0.25, -0.2) is 4.98 Å². The Kier molecular flexibility index (Phi) is 4.26. The largest absolute Gasteiger partial charge is 0.444 e. The first kappa shape index (κ1) is 15.4. The fraction of sp³-hybridized carbons (Fsp3) is 0.500. The van der Waals surface area contributed by atoms with Gasteiger partial charge in [0.2, 0.25) is 0 Å². The highest BCUT2D eigenvalue weighted by Crippen LogP contribution is 2.40. The summed E-state index contributed by atoms with van der Waals surface area (Å²) in [6, 6.07) is 3.47. The van der Waals surface area contributed by atoms with Crippen molar-refractivity contribution in [1.29, 1.82) is 0 Å². The van der Waals surface area contributed by atoms with Crippen LogP contribution in [0.2, 0.25) is 0 Å². The number of aromatic nitrogens is 1. The van der Waals surface area contributed by atoms with Crippen LogP contribution in [0.1, 0.15) is 40.0 Å². The summed E-state index contributed by atoms with van der Waals surface area (Å²) in [5.74, 6) is 1.10. The van der Waals surface area contributed by atoms with E-state index in [4.69, 9.17) is 9.40 Å². The van der Waals surface area contributed by atoms with Gasteiger partial charge in [-0.1, -0.05) is 0 Å². The molecule has 5 nitrogen and oxygen atoms in total. The van der Waals surface area contributed by atoms with Gasteiger partial charge in [0.05, 0.1) is 12.2 Å². The molecule has 0 unspecified atom stereocenters. The van der Waals surface area contributed by atoms with Crippen molar-refractivity contribution in [1.82, 2.24) is 14.8 Å². The molecule has 0 spiro atoms. The Morgan fingerprint density at radius 1 is 1.30 bits per heavy atom.